The van der Waals surface area contributed by atoms with Crippen molar-refractivity contribution in [3.05, 3.63) is 65.1 Å². The Morgan fingerprint density at radius 2 is 1.42 bits per heavy atom. The maximum atomic E-state index is 13.2. The summed E-state index contributed by atoms with van der Waals surface area (Å²) in [6.45, 7) is 0. The van der Waals surface area contributed by atoms with Crippen LogP contribution in [0.25, 0.3) is 0 Å². The summed E-state index contributed by atoms with van der Waals surface area (Å²) in [5, 5.41) is 10.7. The largest absolute Gasteiger partial charge is 0.397 e. The highest BCUT2D eigenvalue weighted by atomic mass is 79.9. The molecule has 0 saturated heterocycles. The molecule has 0 aliphatic heterocycles. The summed E-state index contributed by atoms with van der Waals surface area (Å²) in [4.78, 5) is 10.2. The Kier molecular flexibility index (Phi) is 5.62. The summed E-state index contributed by atoms with van der Waals surface area (Å²) in [6.07, 6.45) is 5.32. The van der Waals surface area contributed by atoms with Crippen LogP contribution in [0, 0.1) is 21.7 Å². The van der Waals surface area contributed by atoms with Crippen LogP contribution in [0.5, 0.6) is 0 Å². The number of benzene rings is 2. The molecular weight excluding hydrogens is 474 g/mol. The number of nitrogens with two attached hydrogens (primary N) is 1. The smallest absolute Gasteiger partial charge is 0.289 e. The topological polar surface area (TPSA) is 69.2 Å². The Bertz CT molecular complexity index is 904. The van der Waals surface area contributed by atoms with Crippen molar-refractivity contribution in [1.82, 2.24) is 0 Å². The molecule has 138 valence electrons. The van der Waals surface area contributed by atoms with Crippen LogP contribution >= 0.6 is 31.9 Å². The predicted molar refractivity (Wildman–Crippen MR) is 103 cm³/mol. The second kappa shape index (κ2) is 7.60. The number of nitro groups is 1. The van der Waals surface area contributed by atoms with E-state index in [1.807, 2.05) is 0 Å². The lowest BCUT2D eigenvalue weighted by Crippen LogP contribution is -1.98. The fourth-order valence-corrected chi connectivity index (χ4v) is 4.41. The third-order valence-corrected chi connectivity index (χ3v) is 6.34. The molecule has 2 aromatic rings. The quantitative estimate of drug-likeness (QED) is 0.320. The fourth-order valence-electron chi connectivity index (χ4n) is 3.56. The van der Waals surface area contributed by atoms with E-state index >= 15 is 0 Å². The number of nitrogen functional groups attached to an aromatic ring is 1. The van der Waals surface area contributed by atoms with Crippen molar-refractivity contribution in [1.29, 1.82) is 0 Å². The van der Waals surface area contributed by atoms with E-state index in [1.54, 1.807) is 6.07 Å². The zero-order valence-electron chi connectivity index (χ0n) is 13.8. The van der Waals surface area contributed by atoms with Gasteiger partial charge in [-0.15, -0.1) is 0 Å². The molecule has 2 aliphatic carbocycles. The standard InChI is InChI=1S/C9H7BrFNO2.C9H9BrFN/c10-8-7(11)4-5-2-1-3-6(5)9(8)12(13)14;10-8-7(11)4-5-2-1-3-6(5)9(8)12/h4H,1-3H2;4H,1-3,12H2. The Balaban J connectivity index is 0.000000152. The van der Waals surface area contributed by atoms with Crippen LogP contribution in [-0.2, 0) is 25.7 Å². The Hall–Kier alpha value is -1.54. The first-order valence-corrected chi connectivity index (χ1v) is 9.79. The molecule has 4 rings (SSSR count). The Morgan fingerprint density at radius 3 is 2.00 bits per heavy atom. The molecule has 0 spiro atoms. The SMILES string of the molecule is Nc1c(Br)c(F)cc2c1CCC2.O=[N+]([O-])c1c(Br)c(F)cc2c1CCC2. The van der Waals surface area contributed by atoms with Gasteiger partial charge in [0.1, 0.15) is 16.1 Å². The molecule has 8 heteroatoms. The second-order valence-corrected chi connectivity index (χ2v) is 7.93. The van der Waals surface area contributed by atoms with Gasteiger partial charge in [0.2, 0.25) is 0 Å². The number of fused-ring (bicyclic) bond motifs is 2. The van der Waals surface area contributed by atoms with Crippen molar-refractivity contribution >= 4 is 43.2 Å². The zero-order chi connectivity index (χ0) is 19.0. The van der Waals surface area contributed by atoms with E-state index in [4.69, 9.17) is 5.73 Å². The summed E-state index contributed by atoms with van der Waals surface area (Å²) in [5.41, 5.74) is 9.90. The Morgan fingerprint density at radius 1 is 0.923 bits per heavy atom. The van der Waals surface area contributed by atoms with E-state index in [0.29, 0.717) is 22.1 Å². The number of aryl methyl sites for hydroxylation is 2. The van der Waals surface area contributed by atoms with Crippen molar-refractivity contribution in [3.63, 3.8) is 0 Å². The third kappa shape index (κ3) is 3.49. The van der Waals surface area contributed by atoms with E-state index in [-0.39, 0.29) is 16.0 Å². The molecule has 0 heterocycles. The maximum absolute atomic E-state index is 13.2. The van der Waals surface area contributed by atoms with Crippen LogP contribution in [-0.4, -0.2) is 4.92 Å². The minimum atomic E-state index is -0.544. The van der Waals surface area contributed by atoms with Crippen LogP contribution in [0.4, 0.5) is 20.2 Å². The molecule has 0 aromatic heterocycles. The van der Waals surface area contributed by atoms with Gasteiger partial charge in [0, 0.05) is 5.56 Å². The molecule has 0 unspecified atom stereocenters. The van der Waals surface area contributed by atoms with E-state index < -0.39 is 10.7 Å². The van der Waals surface area contributed by atoms with E-state index in [1.165, 1.54) is 6.07 Å². The highest BCUT2D eigenvalue weighted by molar-refractivity contribution is 9.11. The van der Waals surface area contributed by atoms with Crippen LogP contribution in [0.1, 0.15) is 35.1 Å². The zero-order valence-corrected chi connectivity index (χ0v) is 16.9. The summed E-state index contributed by atoms with van der Waals surface area (Å²) >= 11 is 6.05. The van der Waals surface area contributed by atoms with Crippen LogP contribution in [0.3, 0.4) is 0 Å². The van der Waals surface area contributed by atoms with Gasteiger partial charge >= 0.3 is 0 Å². The van der Waals surface area contributed by atoms with Gasteiger partial charge in [0.15, 0.2) is 0 Å². The molecule has 0 amide bonds. The molecule has 0 fully saturated rings. The van der Waals surface area contributed by atoms with Crippen molar-refractivity contribution in [2.45, 2.75) is 38.5 Å². The highest BCUT2D eigenvalue weighted by Gasteiger charge is 2.27. The number of anilines is 1. The lowest BCUT2D eigenvalue weighted by Gasteiger charge is -2.06. The van der Waals surface area contributed by atoms with Crippen LogP contribution in [0.15, 0.2) is 21.1 Å². The number of nitro benzene ring substituents is 1. The van der Waals surface area contributed by atoms with Crippen molar-refractivity contribution < 1.29 is 13.7 Å². The molecular formula is C18H16Br2F2N2O2. The van der Waals surface area contributed by atoms with Gasteiger partial charge in [-0.2, -0.15) is 0 Å². The molecule has 2 aliphatic rings. The third-order valence-electron chi connectivity index (χ3n) is 4.78. The molecule has 0 bridgehead atoms. The molecule has 4 nitrogen and oxygen atoms in total. The lowest BCUT2D eigenvalue weighted by atomic mass is 10.1. The summed E-state index contributed by atoms with van der Waals surface area (Å²) < 4.78 is 26.7. The van der Waals surface area contributed by atoms with Gasteiger partial charge in [-0.3, -0.25) is 10.1 Å². The molecule has 2 N–H and O–H groups in total. The maximum Gasteiger partial charge on any atom is 0.289 e. The monoisotopic (exact) mass is 488 g/mol. The van der Waals surface area contributed by atoms with Crippen molar-refractivity contribution in [2.75, 3.05) is 5.73 Å². The van der Waals surface area contributed by atoms with Crippen molar-refractivity contribution in [3.8, 4) is 0 Å². The molecule has 0 saturated carbocycles. The minimum absolute atomic E-state index is 0.0249. The van der Waals surface area contributed by atoms with Gasteiger partial charge in [-0.05, 0) is 99.2 Å². The second-order valence-electron chi connectivity index (χ2n) is 6.35. The average molecular weight is 490 g/mol. The first-order valence-electron chi connectivity index (χ1n) is 8.20. The number of hydrogen-bond acceptors (Lipinski definition) is 3. The first-order chi connectivity index (χ1) is 12.3. The van der Waals surface area contributed by atoms with Gasteiger partial charge in [-0.1, -0.05) is 0 Å². The summed E-state index contributed by atoms with van der Waals surface area (Å²) in [7, 11) is 0. The molecule has 2 aromatic carbocycles. The highest BCUT2D eigenvalue weighted by Crippen LogP contribution is 2.38. The number of halogens is 4. The summed E-state index contributed by atoms with van der Waals surface area (Å²) in [5.74, 6) is -0.787. The molecule has 26 heavy (non-hydrogen) atoms. The van der Waals surface area contributed by atoms with E-state index in [0.717, 1.165) is 48.8 Å². The number of hydrogen-bond donors (Lipinski definition) is 1. The Labute approximate surface area is 166 Å². The van der Waals surface area contributed by atoms with Gasteiger partial charge in [0.25, 0.3) is 5.69 Å². The summed E-state index contributed by atoms with van der Waals surface area (Å²) in [6, 6.07) is 2.97. The molecule has 0 radical (unpaired) electrons. The minimum Gasteiger partial charge on any atom is -0.397 e. The predicted octanol–water partition coefficient (Wildman–Crippen LogP) is 5.64. The van der Waals surface area contributed by atoms with Crippen molar-refractivity contribution in [2.24, 2.45) is 0 Å². The van der Waals surface area contributed by atoms with Crippen LogP contribution in [0.2, 0.25) is 0 Å². The average Bonchev–Trinajstić information content (AvgIpc) is 3.23. The van der Waals surface area contributed by atoms with E-state index in [2.05, 4.69) is 31.9 Å². The van der Waals surface area contributed by atoms with Gasteiger partial charge in [-0.25, -0.2) is 8.78 Å². The van der Waals surface area contributed by atoms with Crippen LogP contribution < -0.4 is 5.73 Å². The number of nitrogens with zero attached hydrogens (tertiary/aromatic N) is 1. The van der Waals surface area contributed by atoms with E-state index in [9.17, 15) is 18.9 Å². The van der Waals surface area contributed by atoms with Gasteiger partial charge < -0.3 is 5.73 Å². The molecule has 0 atom stereocenters. The fraction of sp³-hybridized carbons (Fsp3) is 0.333. The lowest BCUT2D eigenvalue weighted by molar-refractivity contribution is -0.386. The normalized spacial score (nSPS) is 14.5. The van der Waals surface area contributed by atoms with Gasteiger partial charge in [0.05, 0.1) is 15.1 Å². The first kappa shape index (κ1) is 19.2. The number of rotatable bonds is 1.